The Kier molecular flexibility index (Phi) is 4.69. The molecule has 0 saturated heterocycles. The number of anilines is 1. The fourth-order valence-corrected chi connectivity index (χ4v) is 1.85. The summed E-state index contributed by atoms with van der Waals surface area (Å²) < 4.78 is 0.963. The number of amides is 2. The molecule has 0 atom stereocenters. The van der Waals surface area contributed by atoms with Crippen molar-refractivity contribution in [3.8, 4) is 0 Å². The van der Waals surface area contributed by atoms with Gasteiger partial charge in [-0.1, -0.05) is 46.3 Å². The third-order valence-electron chi connectivity index (χ3n) is 2.26. The highest BCUT2D eigenvalue weighted by molar-refractivity contribution is 9.10. The van der Waals surface area contributed by atoms with Crippen molar-refractivity contribution < 1.29 is 4.79 Å². The van der Waals surface area contributed by atoms with Gasteiger partial charge in [0.25, 0.3) is 0 Å². The third kappa shape index (κ3) is 4.56. The van der Waals surface area contributed by atoms with Crippen LogP contribution in [-0.2, 0) is 0 Å². The highest BCUT2D eigenvalue weighted by Crippen LogP contribution is 2.09. The lowest BCUT2D eigenvalue weighted by Crippen LogP contribution is -2.24. The fraction of sp³-hybridized carbons (Fsp3) is 0. The maximum absolute atomic E-state index is 11.5. The van der Waals surface area contributed by atoms with Gasteiger partial charge in [-0.05, 0) is 29.8 Å². The van der Waals surface area contributed by atoms with Crippen LogP contribution in [-0.4, -0.2) is 12.2 Å². The number of hydrazone groups is 1. The molecule has 0 bridgehead atoms. The van der Waals surface area contributed by atoms with E-state index in [0.717, 1.165) is 15.7 Å². The minimum absolute atomic E-state index is 0.377. The van der Waals surface area contributed by atoms with Crippen molar-refractivity contribution in [2.75, 3.05) is 5.32 Å². The van der Waals surface area contributed by atoms with Gasteiger partial charge in [0.05, 0.1) is 6.21 Å². The van der Waals surface area contributed by atoms with Crippen molar-refractivity contribution >= 4 is 33.9 Å². The Morgan fingerprint density at radius 3 is 2.63 bits per heavy atom. The summed E-state index contributed by atoms with van der Waals surface area (Å²) >= 11 is 3.37. The Balaban J connectivity index is 1.87. The van der Waals surface area contributed by atoms with Crippen LogP contribution in [0, 0.1) is 0 Å². The van der Waals surface area contributed by atoms with Gasteiger partial charge in [0.15, 0.2) is 0 Å². The number of benzene rings is 2. The molecule has 0 aliphatic carbocycles. The molecule has 4 nitrogen and oxygen atoms in total. The van der Waals surface area contributed by atoms with Gasteiger partial charge in [-0.15, -0.1) is 0 Å². The first-order valence-electron chi connectivity index (χ1n) is 5.65. The molecule has 0 aliphatic rings. The monoisotopic (exact) mass is 317 g/mol. The molecule has 0 spiro atoms. The Bertz CT molecular complexity index is 584. The second kappa shape index (κ2) is 6.70. The summed E-state index contributed by atoms with van der Waals surface area (Å²) in [6.07, 6.45) is 1.58. The average molecular weight is 318 g/mol. The van der Waals surface area contributed by atoms with Crippen molar-refractivity contribution in [3.63, 3.8) is 0 Å². The Hall–Kier alpha value is -2.14. The van der Waals surface area contributed by atoms with Crippen LogP contribution in [0.1, 0.15) is 5.56 Å². The van der Waals surface area contributed by atoms with E-state index >= 15 is 0 Å². The summed E-state index contributed by atoms with van der Waals surface area (Å²) in [6.45, 7) is 0. The van der Waals surface area contributed by atoms with Gasteiger partial charge in [0.1, 0.15) is 0 Å². The summed E-state index contributed by atoms with van der Waals surface area (Å²) in [5, 5.41) is 6.54. The third-order valence-corrected chi connectivity index (χ3v) is 2.75. The zero-order chi connectivity index (χ0) is 13.5. The summed E-state index contributed by atoms with van der Waals surface area (Å²) in [7, 11) is 0. The molecule has 19 heavy (non-hydrogen) atoms. The largest absolute Gasteiger partial charge is 0.339 e. The van der Waals surface area contributed by atoms with E-state index in [1.807, 2.05) is 42.5 Å². The van der Waals surface area contributed by atoms with Crippen LogP contribution in [0.15, 0.2) is 64.2 Å². The van der Waals surface area contributed by atoms with E-state index in [2.05, 4.69) is 31.8 Å². The molecular weight excluding hydrogens is 306 g/mol. The van der Waals surface area contributed by atoms with Gasteiger partial charge in [0, 0.05) is 10.2 Å². The van der Waals surface area contributed by atoms with Gasteiger partial charge in [-0.25, -0.2) is 10.2 Å². The van der Waals surface area contributed by atoms with Crippen molar-refractivity contribution in [2.24, 2.45) is 5.10 Å². The predicted molar refractivity (Wildman–Crippen MR) is 80.3 cm³/mol. The van der Waals surface area contributed by atoms with Gasteiger partial charge in [-0.3, -0.25) is 0 Å². The van der Waals surface area contributed by atoms with E-state index in [-0.39, 0.29) is 6.03 Å². The lowest BCUT2D eigenvalue weighted by atomic mass is 10.2. The molecule has 2 N–H and O–H groups in total. The lowest BCUT2D eigenvalue weighted by Gasteiger charge is -2.03. The molecule has 96 valence electrons. The Morgan fingerprint density at radius 1 is 1.11 bits per heavy atom. The Morgan fingerprint density at radius 2 is 1.89 bits per heavy atom. The zero-order valence-corrected chi connectivity index (χ0v) is 11.6. The summed E-state index contributed by atoms with van der Waals surface area (Å²) in [4.78, 5) is 11.5. The molecule has 2 aromatic rings. The Labute approximate surface area is 119 Å². The number of nitrogens with zero attached hydrogens (tertiary/aromatic N) is 1. The van der Waals surface area contributed by atoms with Crippen LogP contribution in [0.4, 0.5) is 10.5 Å². The molecule has 5 heteroatoms. The molecule has 0 saturated carbocycles. The standard InChI is InChI=1S/C14H12BrN3O/c15-12-6-4-5-11(9-12)10-16-18-14(19)17-13-7-2-1-3-8-13/h1-10H,(H2,17,18,19)/b16-10+. The van der Waals surface area contributed by atoms with Gasteiger partial charge >= 0.3 is 6.03 Å². The van der Waals surface area contributed by atoms with Crippen molar-refractivity contribution in [3.05, 3.63) is 64.6 Å². The summed E-state index contributed by atoms with van der Waals surface area (Å²) in [5.74, 6) is 0. The minimum Gasteiger partial charge on any atom is -0.307 e. The second-order valence-corrected chi connectivity index (χ2v) is 4.66. The highest BCUT2D eigenvalue weighted by Gasteiger charge is 1.98. The van der Waals surface area contributed by atoms with Gasteiger partial charge < -0.3 is 5.32 Å². The lowest BCUT2D eigenvalue weighted by molar-refractivity contribution is 0.252. The zero-order valence-electron chi connectivity index (χ0n) is 10.0. The molecule has 2 rings (SSSR count). The number of hydrogen-bond acceptors (Lipinski definition) is 2. The fourth-order valence-electron chi connectivity index (χ4n) is 1.43. The second-order valence-electron chi connectivity index (χ2n) is 3.75. The van der Waals surface area contributed by atoms with Crippen LogP contribution < -0.4 is 10.7 Å². The first kappa shape index (κ1) is 13.3. The number of nitrogens with one attached hydrogen (secondary N) is 2. The van der Waals surface area contributed by atoms with Gasteiger partial charge in [0.2, 0.25) is 0 Å². The first-order valence-corrected chi connectivity index (χ1v) is 6.44. The van der Waals surface area contributed by atoms with Crippen LogP contribution in [0.5, 0.6) is 0 Å². The summed E-state index contributed by atoms with van der Waals surface area (Å²) in [5.41, 5.74) is 4.02. The van der Waals surface area contributed by atoms with E-state index in [1.165, 1.54) is 0 Å². The van der Waals surface area contributed by atoms with E-state index < -0.39 is 0 Å². The van der Waals surface area contributed by atoms with Crippen LogP contribution in [0.2, 0.25) is 0 Å². The quantitative estimate of drug-likeness (QED) is 0.659. The number of carbonyl (C=O) groups excluding carboxylic acids is 1. The number of para-hydroxylation sites is 1. The van der Waals surface area contributed by atoms with Crippen LogP contribution >= 0.6 is 15.9 Å². The first-order chi connectivity index (χ1) is 9.24. The molecule has 0 fully saturated rings. The molecule has 2 aromatic carbocycles. The SMILES string of the molecule is O=C(N/N=C/c1cccc(Br)c1)Nc1ccccc1. The molecule has 0 aromatic heterocycles. The van der Waals surface area contributed by atoms with Gasteiger partial charge in [-0.2, -0.15) is 5.10 Å². The number of carbonyl (C=O) groups is 1. The molecule has 2 amide bonds. The van der Waals surface area contributed by atoms with E-state index in [4.69, 9.17) is 0 Å². The number of urea groups is 1. The molecule has 0 aliphatic heterocycles. The van der Waals surface area contributed by atoms with E-state index in [9.17, 15) is 4.79 Å². The van der Waals surface area contributed by atoms with Crippen LogP contribution in [0.25, 0.3) is 0 Å². The molecule has 0 heterocycles. The predicted octanol–water partition coefficient (Wildman–Crippen LogP) is 3.60. The number of hydrogen-bond donors (Lipinski definition) is 2. The smallest absolute Gasteiger partial charge is 0.307 e. The summed E-state index contributed by atoms with van der Waals surface area (Å²) in [6, 6.07) is 16.4. The van der Waals surface area contributed by atoms with Crippen molar-refractivity contribution in [1.82, 2.24) is 5.43 Å². The number of halogens is 1. The van der Waals surface area contributed by atoms with E-state index in [0.29, 0.717) is 0 Å². The molecular formula is C14H12BrN3O. The highest BCUT2D eigenvalue weighted by atomic mass is 79.9. The normalized spacial score (nSPS) is 10.4. The van der Waals surface area contributed by atoms with Crippen molar-refractivity contribution in [1.29, 1.82) is 0 Å². The molecule has 0 radical (unpaired) electrons. The average Bonchev–Trinajstić information content (AvgIpc) is 2.40. The maximum atomic E-state index is 11.5. The minimum atomic E-state index is -0.377. The van der Waals surface area contributed by atoms with Crippen LogP contribution in [0.3, 0.4) is 0 Å². The molecule has 0 unspecified atom stereocenters. The number of rotatable bonds is 3. The topological polar surface area (TPSA) is 53.5 Å². The van der Waals surface area contributed by atoms with E-state index in [1.54, 1.807) is 18.3 Å². The maximum Gasteiger partial charge on any atom is 0.339 e. The van der Waals surface area contributed by atoms with Crippen molar-refractivity contribution in [2.45, 2.75) is 0 Å².